The number of hydrogen-bond acceptors (Lipinski definition) is 7. The second-order valence-corrected chi connectivity index (χ2v) is 9.99. The number of nitrogens with zero attached hydrogens (tertiary/aromatic N) is 2. The summed E-state index contributed by atoms with van der Waals surface area (Å²) in [6.45, 7) is 2.98. The number of rotatable bonds is 8. The summed E-state index contributed by atoms with van der Waals surface area (Å²) in [6, 6.07) is 18.4. The van der Waals surface area contributed by atoms with E-state index < -0.39 is 18.0 Å². The number of aromatic nitrogens is 2. The molecule has 4 aromatic rings. The smallest absolute Gasteiger partial charge is 0.223 e. The number of fused-ring (bicyclic) bond motifs is 2. The number of pyridine rings is 1. The molecule has 6 rings (SSSR count). The molecule has 1 amide bonds. The van der Waals surface area contributed by atoms with Crippen LogP contribution in [-0.4, -0.2) is 78.9 Å². The van der Waals surface area contributed by atoms with E-state index in [0.29, 0.717) is 42.2 Å². The molecule has 10 heteroatoms. The Hall–Kier alpha value is -3.83. The number of carbonyl (C=O) groups excluding carboxylic acids is 1. The largest absolute Gasteiger partial charge is 0.470 e. The molecular formula is C30H30FN3O6. The Morgan fingerprint density at radius 2 is 1.73 bits per heavy atom. The third kappa shape index (κ3) is 5.06. The lowest BCUT2D eigenvalue weighted by Crippen LogP contribution is -2.34. The van der Waals surface area contributed by atoms with Crippen LogP contribution in [0.2, 0.25) is 0 Å². The first-order chi connectivity index (χ1) is 19.4. The zero-order valence-corrected chi connectivity index (χ0v) is 22.2. The van der Waals surface area contributed by atoms with E-state index >= 15 is 4.39 Å². The summed E-state index contributed by atoms with van der Waals surface area (Å²) in [5.41, 5.74) is 4.69. The molecule has 4 heterocycles. The number of anilines is 1. The molecule has 0 saturated carbocycles. The first-order valence-corrected chi connectivity index (χ1v) is 13.2. The quantitative estimate of drug-likeness (QED) is 0.344. The SMILES string of the molecule is COCCN(C(C)=O)c1ccc(-c2ccc(-c3nc4cc(O[C@@H]5CO[C@H]6[C@@H]5OC[C@H]6O)[nH]c4cc3F)cc2)cc1. The maximum Gasteiger partial charge on any atom is 0.223 e. The lowest BCUT2D eigenvalue weighted by molar-refractivity contribution is -0.116. The van der Waals surface area contributed by atoms with Gasteiger partial charge in [-0.25, -0.2) is 9.37 Å². The molecule has 0 radical (unpaired) electrons. The molecule has 9 nitrogen and oxygen atoms in total. The number of hydrogen-bond donors (Lipinski definition) is 2. The molecule has 2 aromatic heterocycles. The maximum absolute atomic E-state index is 15.1. The number of aromatic amines is 1. The molecule has 2 aromatic carbocycles. The Kier molecular flexibility index (Phi) is 7.24. The summed E-state index contributed by atoms with van der Waals surface area (Å²) in [4.78, 5) is 21.3. The van der Waals surface area contributed by atoms with E-state index in [2.05, 4.69) is 9.97 Å². The minimum absolute atomic E-state index is 0.0504. The average Bonchev–Trinajstić information content (AvgIpc) is 3.65. The highest BCUT2D eigenvalue weighted by Gasteiger charge is 2.48. The van der Waals surface area contributed by atoms with Gasteiger partial charge in [0, 0.05) is 44.0 Å². The van der Waals surface area contributed by atoms with Gasteiger partial charge < -0.3 is 33.9 Å². The van der Waals surface area contributed by atoms with E-state index in [9.17, 15) is 9.90 Å². The van der Waals surface area contributed by atoms with E-state index in [1.54, 1.807) is 18.1 Å². The lowest BCUT2D eigenvalue weighted by atomic mass is 10.0. The number of benzene rings is 2. The Morgan fingerprint density at radius 3 is 2.42 bits per heavy atom. The summed E-state index contributed by atoms with van der Waals surface area (Å²) < 4.78 is 37.5. The third-order valence-corrected chi connectivity index (χ3v) is 7.36. The molecule has 40 heavy (non-hydrogen) atoms. The van der Waals surface area contributed by atoms with Crippen molar-refractivity contribution in [2.24, 2.45) is 0 Å². The lowest BCUT2D eigenvalue weighted by Gasteiger charge is -2.21. The third-order valence-electron chi connectivity index (χ3n) is 7.36. The first kappa shape index (κ1) is 26.4. The molecule has 2 saturated heterocycles. The topological polar surface area (TPSA) is 106 Å². The van der Waals surface area contributed by atoms with Crippen LogP contribution in [0, 0.1) is 5.82 Å². The second kappa shape index (κ2) is 11.0. The molecule has 2 aliphatic heterocycles. The number of halogens is 1. The Labute approximate surface area is 230 Å². The number of amides is 1. The molecule has 0 bridgehead atoms. The van der Waals surface area contributed by atoms with E-state index in [-0.39, 0.29) is 30.4 Å². The monoisotopic (exact) mass is 547 g/mol. The number of carbonyl (C=O) groups is 1. The van der Waals surface area contributed by atoms with Gasteiger partial charge >= 0.3 is 0 Å². The van der Waals surface area contributed by atoms with Gasteiger partial charge in [-0.1, -0.05) is 36.4 Å². The van der Waals surface area contributed by atoms with Crippen LogP contribution in [-0.2, 0) is 19.0 Å². The Morgan fingerprint density at radius 1 is 1.05 bits per heavy atom. The fourth-order valence-electron chi connectivity index (χ4n) is 5.29. The van der Waals surface area contributed by atoms with Gasteiger partial charge in [0.1, 0.15) is 24.0 Å². The van der Waals surface area contributed by atoms with E-state index in [4.69, 9.17) is 18.9 Å². The second-order valence-electron chi connectivity index (χ2n) is 9.99. The fraction of sp³-hybridized carbons (Fsp3) is 0.333. The van der Waals surface area contributed by atoms with E-state index in [1.807, 2.05) is 48.5 Å². The number of H-pyrrole nitrogens is 1. The molecule has 2 N–H and O–H groups in total. The van der Waals surface area contributed by atoms with Crippen LogP contribution in [0.3, 0.4) is 0 Å². The molecule has 0 unspecified atom stereocenters. The van der Waals surface area contributed by atoms with Crippen LogP contribution in [0.25, 0.3) is 33.4 Å². The van der Waals surface area contributed by atoms with Crippen LogP contribution in [0.5, 0.6) is 5.88 Å². The van der Waals surface area contributed by atoms with Gasteiger partial charge in [-0.15, -0.1) is 0 Å². The van der Waals surface area contributed by atoms with Crippen molar-refractivity contribution in [1.29, 1.82) is 0 Å². The van der Waals surface area contributed by atoms with Crippen LogP contribution in [0.1, 0.15) is 6.92 Å². The van der Waals surface area contributed by atoms with Crippen molar-refractivity contribution >= 4 is 22.6 Å². The molecule has 0 aliphatic carbocycles. The number of nitrogens with one attached hydrogen (secondary N) is 1. The van der Waals surface area contributed by atoms with Crippen molar-refractivity contribution in [3.63, 3.8) is 0 Å². The van der Waals surface area contributed by atoms with Gasteiger partial charge in [0.15, 0.2) is 17.8 Å². The minimum atomic E-state index is -0.659. The van der Waals surface area contributed by atoms with Crippen LogP contribution < -0.4 is 9.64 Å². The normalized spacial score (nSPS) is 22.0. The van der Waals surface area contributed by atoms with Gasteiger partial charge in [-0.05, 0) is 23.3 Å². The van der Waals surface area contributed by atoms with Crippen LogP contribution in [0.15, 0.2) is 60.7 Å². The standard InChI is InChI=1S/C30H30FN3O6/c1-17(35)34(11-12-37-2)21-9-7-19(8-10-21)18-3-5-20(6-4-18)28-22(31)13-23-24(33-28)14-27(32-23)40-26-16-39-29-25(36)15-38-30(26)29/h3-10,13-14,25-26,29-30,32,36H,11-12,15-16H2,1-2H3/t25-,26-,29-,30-/m1/s1. The van der Waals surface area contributed by atoms with Gasteiger partial charge in [-0.2, -0.15) is 0 Å². The van der Waals surface area contributed by atoms with E-state index in [0.717, 1.165) is 16.8 Å². The predicted octanol–water partition coefficient (Wildman–Crippen LogP) is 3.94. The van der Waals surface area contributed by atoms with Gasteiger partial charge in [-0.3, -0.25) is 4.79 Å². The van der Waals surface area contributed by atoms with Gasteiger partial charge in [0.05, 0.1) is 30.9 Å². The van der Waals surface area contributed by atoms with Crippen molar-refractivity contribution in [3.05, 3.63) is 66.5 Å². The van der Waals surface area contributed by atoms with Crippen molar-refractivity contribution < 1.29 is 33.2 Å². The zero-order chi connectivity index (χ0) is 27.8. The maximum atomic E-state index is 15.1. The number of aliphatic hydroxyl groups is 1. The summed E-state index contributed by atoms with van der Waals surface area (Å²) >= 11 is 0. The molecule has 0 spiro atoms. The highest BCUT2D eigenvalue weighted by atomic mass is 19.1. The molecule has 2 fully saturated rings. The molecule has 208 valence electrons. The summed E-state index contributed by atoms with van der Waals surface area (Å²) in [6.07, 6.45) is -1.78. The van der Waals surface area contributed by atoms with Gasteiger partial charge in [0.25, 0.3) is 0 Å². The summed E-state index contributed by atoms with van der Waals surface area (Å²) in [5, 5.41) is 9.94. The zero-order valence-electron chi connectivity index (χ0n) is 22.2. The van der Waals surface area contributed by atoms with Crippen molar-refractivity contribution in [3.8, 4) is 28.3 Å². The molecule has 2 aliphatic rings. The minimum Gasteiger partial charge on any atom is -0.470 e. The highest BCUT2D eigenvalue weighted by molar-refractivity contribution is 5.91. The van der Waals surface area contributed by atoms with E-state index in [1.165, 1.54) is 13.0 Å². The Bertz CT molecular complexity index is 1510. The first-order valence-electron chi connectivity index (χ1n) is 13.2. The molecular weight excluding hydrogens is 517 g/mol. The number of methoxy groups -OCH3 is 1. The predicted molar refractivity (Wildman–Crippen MR) is 147 cm³/mol. The molecule has 4 atom stereocenters. The van der Waals surface area contributed by atoms with Crippen molar-refractivity contribution in [2.75, 3.05) is 38.4 Å². The van der Waals surface area contributed by atoms with Crippen molar-refractivity contribution in [2.45, 2.75) is 31.3 Å². The van der Waals surface area contributed by atoms with Crippen molar-refractivity contribution in [1.82, 2.24) is 9.97 Å². The van der Waals surface area contributed by atoms with Crippen LogP contribution >= 0.6 is 0 Å². The van der Waals surface area contributed by atoms with Gasteiger partial charge in [0.2, 0.25) is 5.91 Å². The fourth-order valence-corrected chi connectivity index (χ4v) is 5.29. The summed E-state index contributed by atoms with van der Waals surface area (Å²) in [5.74, 6) is -0.0712. The summed E-state index contributed by atoms with van der Waals surface area (Å²) in [7, 11) is 1.61. The number of ether oxygens (including phenoxy) is 4. The number of aliphatic hydroxyl groups excluding tert-OH is 1. The van der Waals surface area contributed by atoms with Crippen LogP contribution in [0.4, 0.5) is 10.1 Å². The Balaban J connectivity index is 1.18. The highest BCUT2D eigenvalue weighted by Crippen LogP contribution is 2.32. The average molecular weight is 548 g/mol.